The fourth-order valence-corrected chi connectivity index (χ4v) is 2.23. The Morgan fingerprint density at radius 1 is 1.36 bits per heavy atom. The average molecular weight is 318 g/mol. The van der Waals surface area contributed by atoms with Crippen molar-refractivity contribution in [3.63, 3.8) is 0 Å². The van der Waals surface area contributed by atoms with Gasteiger partial charge in [0.15, 0.2) is 5.65 Å². The van der Waals surface area contributed by atoms with Crippen LogP contribution in [0.15, 0.2) is 36.8 Å². The number of para-hydroxylation sites is 1. The number of ether oxygens (including phenoxy) is 1. The molecule has 1 N–H and O–H groups in total. The van der Waals surface area contributed by atoms with Gasteiger partial charge < -0.3 is 10.1 Å². The van der Waals surface area contributed by atoms with Crippen LogP contribution in [-0.4, -0.2) is 39.4 Å². The summed E-state index contributed by atoms with van der Waals surface area (Å²) in [5.41, 5.74) is 1.31. The smallest absolute Gasteiger partial charge is 0.325 e. The third kappa shape index (κ3) is 2.58. The molecule has 0 radical (unpaired) electrons. The minimum Gasteiger partial charge on any atom is -0.468 e. The maximum atomic E-state index is 11.2. The number of esters is 1. The second-order valence-corrected chi connectivity index (χ2v) is 4.80. The number of rotatable bonds is 4. The number of carbonyl (C=O) groups is 1. The van der Waals surface area contributed by atoms with E-state index in [-0.39, 0.29) is 12.5 Å². The Kier molecular flexibility index (Phi) is 3.88. The monoisotopic (exact) mass is 317 g/mol. The van der Waals surface area contributed by atoms with E-state index in [1.165, 1.54) is 13.4 Å². The first kappa shape index (κ1) is 14.3. The molecule has 0 saturated carbocycles. The van der Waals surface area contributed by atoms with Gasteiger partial charge in [-0.05, 0) is 12.1 Å². The lowest BCUT2D eigenvalue weighted by Crippen LogP contribution is -2.15. The molecule has 0 amide bonds. The van der Waals surface area contributed by atoms with Crippen LogP contribution >= 0.6 is 11.6 Å². The van der Waals surface area contributed by atoms with Gasteiger partial charge in [0.1, 0.15) is 18.7 Å². The molecule has 0 aliphatic carbocycles. The Balaban J connectivity index is 2.02. The molecule has 0 unspecified atom stereocenters. The highest BCUT2D eigenvalue weighted by Crippen LogP contribution is 2.25. The van der Waals surface area contributed by atoms with Crippen molar-refractivity contribution in [1.29, 1.82) is 0 Å². The van der Waals surface area contributed by atoms with Crippen LogP contribution < -0.4 is 5.32 Å². The summed E-state index contributed by atoms with van der Waals surface area (Å²) in [6, 6.07) is 7.34. The summed E-state index contributed by atoms with van der Waals surface area (Å²) in [7, 11) is 1.33. The van der Waals surface area contributed by atoms with Gasteiger partial charge in [-0.3, -0.25) is 4.79 Å². The van der Waals surface area contributed by atoms with Crippen LogP contribution in [0.5, 0.6) is 0 Å². The molecule has 8 heteroatoms. The lowest BCUT2D eigenvalue weighted by atomic mass is 10.3. The second kappa shape index (κ2) is 5.98. The molecule has 1 aromatic carbocycles. The van der Waals surface area contributed by atoms with Crippen LogP contribution in [0.4, 0.5) is 5.82 Å². The Bertz CT molecular complexity index is 833. The van der Waals surface area contributed by atoms with E-state index in [1.54, 1.807) is 16.9 Å². The molecule has 2 aromatic heterocycles. The average Bonchev–Trinajstić information content (AvgIpc) is 2.97. The van der Waals surface area contributed by atoms with Crippen molar-refractivity contribution in [2.45, 2.75) is 0 Å². The van der Waals surface area contributed by atoms with E-state index in [0.717, 1.165) is 5.69 Å². The number of hydrogen-bond acceptors (Lipinski definition) is 6. The summed E-state index contributed by atoms with van der Waals surface area (Å²) in [4.78, 5) is 19.6. The topological polar surface area (TPSA) is 81.9 Å². The van der Waals surface area contributed by atoms with Gasteiger partial charge in [0.05, 0.1) is 29.4 Å². The fraction of sp³-hybridized carbons (Fsp3) is 0.143. The minimum absolute atomic E-state index is 0.0138. The molecule has 0 spiro atoms. The number of aromatic nitrogens is 4. The zero-order valence-electron chi connectivity index (χ0n) is 11.7. The van der Waals surface area contributed by atoms with Gasteiger partial charge in [-0.25, -0.2) is 14.6 Å². The van der Waals surface area contributed by atoms with E-state index in [2.05, 4.69) is 25.1 Å². The molecule has 7 nitrogen and oxygen atoms in total. The third-order valence-corrected chi connectivity index (χ3v) is 3.39. The van der Waals surface area contributed by atoms with Crippen LogP contribution in [0.1, 0.15) is 0 Å². The van der Waals surface area contributed by atoms with E-state index < -0.39 is 0 Å². The molecule has 0 saturated heterocycles. The van der Waals surface area contributed by atoms with Crippen LogP contribution in [0.2, 0.25) is 5.02 Å². The largest absolute Gasteiger partial charge is 0.468 e. The summed E-state index contributed by atoms with van der Waals surface area (Å²) >= 11 is 6.20. The number of methoxy groups -OCH3 is 1. The molecular formula is C14H12ClN5O2. The first-order valence-corrected chi connectivity index (χ1v) is 6.83. The highest BCUT2D eigenvalue weighted by atomic mass is 35.5. The number of hydrogen-bond donors (Lipinski definition) is 1. The van der Waals surface area contributed by atoms with Gasteiger partial charge in [-0.15, -0.1) is 0 Å². The highest BCUT2D eigenvalue weighted by molar-refractivity contribution is 6.32. The number of nitrogens with one attached hydrogen (secondary N) is 1. The summed E-state index contributed by atoms with van der Waals surface area (Å²) < 4.78 is 6.22. The first-order valence-electron chi connectivity index (χ1n) is 6.45. The Morgan fingerprint density at radius 2 is 2.18 bits per heavy atom. The molecule has 0 atom stereocenters. The normalized spacial score (nSPS) is 10.6. The predicted octanol–water partition coefficient (Wildman–Crippen LogP) is 2.05. The maximum absolute atomic E-state index is 11.2. The van der Waals surface area contributed by atoms with Crippen molar-refractivity contribution < 1.29 is 9.53 Å². The standard InChI is InChI=1S/C14H12ClN5O2/c1-22-12(21)7-16-13-9-6-19-20(14(9)18-8-17-13)11-5-3-2-4-10(11)15/h2-6,8H,7H2,1H3,(H,16,17,18). The van der Waals surface area contributed by atoms with Crippen molar-refractivity contribution in [3.05, 3.63) is 41.8 Å². The van der Waals surface area contributed by atoms with E-state index in [9.17, 15) is 4.79 Å². The number of benzene rings is 1. The Morgan fingerprint density at radius 3 is 2.95 bits per heavy atom. The fourth-order valence-electron chi connectivity index (χ4n) is 2.01. The number of halogens is 1. The van der Waals surface area contributed by atoms with Gasteiger partial charge >= 0.3 is 5.97 Å². The van der Waals surface area contributed by atoms with Crippen LogP contribution in [0.3, 0.4) is 0 Å². The zero-order chi connectivity index (χ0) is 15.5. The van der Waals surface area contributed by atoms with Gasteiger partial charge in [-0.1, -0.05) is 23.7 Å². The molecule has 22 heavy (non-hydrogen) atoms. The SMILES string of the molecule is COC(=O)CNc1ncnc2c1cnn2-c1ccccc1Cl. The molecule has 3 aromatic rings. The number of fused-ring (bicyclic) bond motifs is 1. The van der Waals surface area contributed by atoms with E-state index in [0.29, 0.717) is 21.9 Å². The van der Waals surface area contributed by atoms with Crippen LogP contribution in [0.25, 0.3) is 16.7 Å². The lowest BCUT2D eigenvalue weighted by Gasteiger charge is -2.06. The van der Waals surface area contributed by atoms with Crippen molar-refractivity contribution in [2.24, 2.45) is 0 Å². The van der Waals surface area contributed by atoms with Crippen LogP contribution in [0, 0.1) is 0 Å². The van der Waals surface area contributed by atoms with Crippen molar-refractivity contribution in [1.82, 2.24) is 19.7 Å². The van der Waals surface area contributed by atoms with E-state index in [1.807, 2.05) is 18.2 Å². The summed E-state index contributed by atoms with van der Waals surface area (Å²) in [6.07, 6.45) is 3.02. The molecule has 0 fully saturated rings. The summed E-state index contributed by atoms with van der Waals surface area (Å²) in [5.74, 6) is 0.124. The highest BCUT2D eigenvalue weighted by Gasteiger charge is 2.13. The van der Waals surface area contributed by atoms with Crippen molar-refractivity contribution in [2.75, 3.05) is 19.0 Å². The molecule has 112 valence electrons. The first-order chi connectivity index (χ1) is 10.7. The maximum Gasteiger partial charge on any atom is 0.325 e. The molecule has 3 rings (SSSR count). The number of nitrogens with zero attached hydrogens (tertiary/aromatic N) is 4. The zero-order valence-corrected chi connectivity index (χ0v) is 12.4. The van der Waals surface area contributed by atoms with Gasteiger partial charge in [-0.2, -0.15) is 5.10 Å². The van der Waals surface area contributed by atoms with Crippen LogP contribution in [-0.2, 0) is 9.53 Å². The lowest BCUT2D eigenvalue weighted by molar-refractivity contribution is -0.138. The van der Waals surface area contributed by atoms with E-state index >= 15 is 0 Å². The second-order valence-electron chi connectivity index (χ2n) is 4.40. The van der Waals surface area contributed by atoms with Crippen molar-refractivity contribution in [3.8, 4) is 5.69 Å². The minimum atomic E-state index is -0.384. The number of anilines is 1. The molecule has 0 aliphatic heterocycles. The van der Waals surface area contributed by atoms with Crippen molar-refractivity contribution >= 4 is 34.4 Å². The van der Waals surface area contributed by atoms with E-state index in [4.69, 9.17) is 11.6 Å². The molecule has 0 bridgehead atoms. The quantitative estimate of drug-likeness (QED) is 0.742. The number of carbonyl (C=O) groups excluding carboxylic acids is 1. The van der Waals surface area contributed by atoms with Gasteiger partial charge in [0.25, 0.3) is 0 Å². The Labute approximate surface area is 130 Å². The predicted molar refractivity (Wildman–Crippen MR) is 82.2 cm³/mol. The molecule has 0 aliphatic rings. The molecular weight excluding hydrogens is 306 g/mol. The molecule has 2 heterocycles. The summed E-state index contributed by atoms with van der Waals surface area (Å²) in [6.45, 7) is 0.0138. The third-order valence-electron chi connectivity index (χ3n) is 3.07. The Hall–Kier alpha value is -2.67. The van der Waals surface area contributed by atoms with Gasteiger partial charge in [0, 0.05) is 0 Å². The van der Waals surface area contributed by atoms with Gasteiger partial charge in [0.2, 0.25) is 0 Å². The summed E-state index contributed by atoms with van der Waals surface area (Å²) in [5, 5.41) is 8.47.